The Morgan fingerprint density at radius 3 is 2.59 bits per heavy atom. The molecule has 0 aromatic heterocycles. The van der Waals surface area contributed by atoms with Crippen LogP contribution in [0.15, 0.2) is 23.1 Å². The molecule has 0 spiro atoms. The van der Waals surface area contributed by atoms with Crippen molar-refractivity contribution in [3.05, 3.63) is 29.6 Å². The summed E-state index contributed by atoms with van der Waals surface area (Å²) >= 11 is 0. The van der Waals surface area contributed by atoms with Gasteiger partial charge in [-0.2, -0.15) is 0 Å². The van der Waals surface area contributed by atoms with Crippen LogP contribution >= 0.6 is 0 Å². The molecule has 0 heterocycles. The molecular weight excluding hydrogens is 375 g/mol. The smallest absolute Gasteiger partial charge is 0.341 e. The van der Waals surface area contributed by atoms with E-state index in [0.717, 1.165) is 37.5 Å². The topological polar surface area (TPSA) is 116 Å². The number of ether oxygens (including phenoxy) is 1. The number of esters is 1. The highest BCUT2D eigenvalue weighted by molar-refractivity contribution is 7.89. The first-order chi connectivity index (χ1) is 12.5. The van der Waals surface area contributed by atoms with Crippen molar-refractivity contribution in [1.82, 2.24) is 5.32 Å². The number of hydrogen-bond acceptors (Lipinski definition) is 5. The van der Waals surface area contributed by atoms with Crippen LogP contribution in [0.25, 0.3) is 0 Å². The average Bonchev–Trinajstić information content (AvgIpc) is 2.58. The first kappa shape index (κ1) is 21.3. The van der Waals surface area contributed by atoms with Gasteiger partial charge in [0.15, 0.2) is 6.10 Å². The second kappa shape index (κ2) is 8.35. The zero-order valence-corrected chi connectivity index (χ0v) is 16.4. The molecule has 1 saturated carbocycles. The van der Waals surface area contributed by atoms with Crippen molar-refractivity contribution in [1.29, 1.82) is 0 Å². The standard InChI is InChI=1S/C18H25FN2O5S/c1-10-5-4-6-16(11(10)2)21-17(22)12(3)26-18(23)14-9-13(27(20,24)25)7-8-15(14)19/h7-12,16H,4-6H2,1-3H3,(H,21,22)(H2,20,24,25)/t10-,11-,12-,16-/m1/s1. The third kappa shape index (κ3) is 5.26. The summed E-state index contributed by atoms with van der Waals surface area (Å²) in [6, 6.07) is 2.54. The Morgan fingerprint density at radius 2 is 1.96 bits per heavy atom. The first-order valence-corrected chi connectivity index (χ1v) is 10.4. The number of benzene rings is 1. The quantitative estimate of drug-likeness (QED) is 0.733. The van der Waals surface area contributed by atoms with Gasteiger partial charge in [-0.15, -0.1) is 0 Å². The summed E-state index contributed by atoms with van der Waals surface area (Å²) in [4.78, 5) is 24.1. The molecule has 1 amide bonds. The lowest BCUT2D eigenvalue weighted by molar-refractivity contribution is -0.130. The van der Waals surface area contributed by atoms with Gasteiger partial charge < -0.3 is 10.1 Å². The van der Waals surface area contributed by atoms with Crippen molar-refractivity contribution in [2.24, 2.45) is 17.0 Å². The zero-order valence-electron chi connectivity index (χ0n) is 15.6. The molecule has 1 aliphatic carbocycles. The highest BCUT2D eigenvalue weighted by Gasteiger charge is 2.30. The highest BCUT2D eigenvalue weighted by atomic mass is 32.2. The van der Waals surface area contributed by atoms with Crippen LogP contribution in [0.1, 0.15) is 50.4 Å². The molecule has 0 bridgehead atoms. The Kier molecular flexibility index (Phi) is 6.59. The fourth-order valence-electron chi connectivity index (χ4n) is 3.20. The molecule has 0 radical (unpaired) electrons. The van der Waals surface area contributed by atoms with E-state index in [1.54, 1.807) is 0 Å². The maximum absolute atomic E-state index is 13.9. The van der Waals surface area contributed by atoms with E-state index in [9.17, 15) is 22.4 Å². The normalized spacial score (nSPS) is 24.1. The van der Waals surface area contributed by atoms with Gasteiger partial charge in [0.1, 0.15) is 5.82 Å². The largest absolute Gasteiger partial charge is 0.449 e. The average molecular weight is 400 g/mol. The minimum atomic E-state index is -4.10. The number of rotatable bonds is 5. The monoisotopic (exact) mass is 400 g/mol. The highest BCUT2D eigenvalue weighted by Crippen LogP contribution is 2.29. The van der Waals surface area contributed by atoms with Crippen molar-refractivity contribution >= 4 is 21.9 Å². The molecule has 2 rings (SSSR count). The van der Waals surface area contributed by atoms with Gasteiger partial charge >= 0.3 is 5.97 Å². The number of carbonyl (C=O) groups excluding carboxylic acids is 2. The van der Waals surface area contributed by atoms with Crippen molar-refractivity contribution in [2.75, 3.05) is 0 Å². The molecule has 1 fully saturated rings. The second-order valence-corrected chi connectivity index (χ2v) is 8.68. The lowest BCUT2D eigenvalue weighted by Gasteiger charge is -2.35. The van der Waals surface area contributed by atoms with E-state index < -0.39 is 44.3 Å². The second-order valence-electron chi connectivity index (χ2n) is 7.12. The molecule has 0 aliphatic heterocycles. The number of nitrogens with one attached hydrogen (secondary N) is 1. The van der Waals surface area contributed by atoms with Gasteiger partial charge in [0, 0.05) is 6.04 Å². The summed E-state index contributed by atoms with van der Waals surface area (Å²) in [6.45, 7) is 5.58. The number of halogens is 1. The zero-order chi connectivity index (χ0) is 20.4. The van der Waals surface area contributed by atoms with Crippen LogP contribution in [0.2, 0.25) is 0 Å². The van der Waals surface area contributed by atoms with E-state index in [1.807, 2.05) is 0 Å². The maximum atomic E-state index is 13.9. The Balaban J connectivity index is 2.06. The van der Waals surface area contributed by atoms with Crippen molar-refractivity contribution in [3.8, 4) is 0 Å². The van der Waals surface area contributed by atoms with Crippen molar-refractivity contribution in [3.63, 3.8) is 0 Å². The van der Waals surface area contributed by atoms with Crippen LogP contribution < -0.4 is 10.5 Å². The molecule has 0 unspecified atom stereocenters. The summed E-state index contributed by atoms with van der Waals surface area (Å²) in [7, 11) is -4.10. The fraction of sp³-hybridized carbons (Fsp3) is 0.556. The van der Waals surface area contributed by atoms with Crippen LogP contribution in [0.4, 0.5) is 4.39 Å². The lowest BCUT2D eigenvalue weighted by Crippen LogP contribution is -2.47. The molecular formula is C18H25FN2O5S. The van der Waals surface area contributed by atoms with Gasteiger partial charge in [-0.05, 0) is 43.4 Å². The minimum Gasteiger partial charge on any atom is -0.449 e. The van der Waals surface area contributed by atoms with Gasteiger partial charge in [0.05, 0.1) is 10.5 Å². The van der Waals surface area contributed by atoms with Crippen LogP contribution in [0.5, 0.6) is 0 Å². The molecule has 7 nitrogen and oxygen atoms in total. The van der Waals surface area contributed by atoms with E-state index in [1.165, 1.54) is 6.92 Å². The van der Waals surface area contributed by atoms with E-state index in [2.05, 4.69) is 19.2 Å². The van der Waals surface area contributed by atoms with Gasteiger partial charge in [0.2, 0.25) is 10.0 Å². The predicted octanol–water partition coefficient (Wildman–Crippen LogP) is 1.96. The van der Waals surface area contributed by atoms with Gasteiger partial charge in [0.25, 0.3) is 5.91 Å². The molecule has 9 heteroatoms. The Morgan fingerprint density at radius 1 is 1.30 bits per heavy atom. The number of primary sulfonamides is 1. The van der Waals surface area contributed by atoms with Crippen molar-refractivity contribution in [2.45, 2.75) is 57.1 Å². The first-order valence-electron chi connectivity index (χ1n) is 8.84. The Labute approximate surface area is 158 Å². The van der Waals surface area contributed by atoms with Crippen LogP contribution in [0.3, 0.4) is 0 Å². The third-order valence-electron chi connectivity index (χ3n) is 5.17. The van der Waals surface area contributed by atoms with Crippen molar-refractivity contribution < 1.29 is 27.1 Å². The van der Waals surface area contributed by atoms with E-state index in [4.69, 9.17) is 9.88 Å². The number of nitrogens with two attached hydrogens (primary N) is 1. The molecule has 27 heavy (non-hydrogen) atoms. The van der Waals surface area contributed by atoms with Crippen LogP contribution in [0, 0.1) is 17.7 Å². The summed E-state index contributed by atoms with van der Waals surface area (Å²) in [6.07, 6.45) is 1.82. The fourth-order valence-corrected chi connectivity index (χ4v) is 3.74. The maximum Gasteiger partial charge on any atom is 0.341 e. The molecule has 150 valence electrons. The number of amides is 1. The van der Waals surface area contributed by atoms with Gasteiger partial charge in [-0.25, -0.2) is 22.7 Å². The summed E-state index contributed by atoms with van der Waals surface area (Å²) < 4.78 is 41.6. The summed E-state index contributed by atoms with van der Waals surface area (Å²) in [5.74, 6) is -1.79. The Hall–Kier alpha value is -2.00. The van der Waals surface area contributed by atoms with E-state index in [0.29, 0.717) is 11.8 Å². The molecule has 1 aliphatic rings. The number of hydrogen-bond donors (Lipinski definition) is 2. The molecule has 0 saturated heterocycles. The lowest BCUT2D eigenvalue weighted by atomic mass is 9.78. The van der Waals surface area contributed by atoms with Crippen LogP contribution in [-0.4, -0.2) is 32.4 Å². The predicted molar refractivity (Wildman–Crippen MR) is 96.8 cm³/mol. The van der Waals surface area contributed by atoms with Crippen LogP contribution in [-0.2, 0) is 19.6 Å². The molecule has 4 atom stereocenters. The van der Waals surface area contributed by atoms with E-state index >= 15 is 0 Å². The Bertz CT molecular complexity index is 827. The van der Waals surface area contributed by atoms with Gasteiger partial charge in [-0.1, -0.05) is 26.7 Å². The summed E-state index contributed by atoms with van der Waals surface area (Å²) in [5, 5.41) is 7.87. The summed E-state index contributed by atoms with van der Waals surface area (Å²) in [5.41, 5.74) is -0.596. The minimum absolute atomic E-state index is 0.00940. The van der Waals surface area contributed by atoms with E-state index in [-0.39, 0.29) is 6.04 Å². The number of sulfonamides is 1. The SMILES string of the molecule is C[C@@H]1[C@H](C)CCC[C@H]1NC(=O)[C@@H](C)OC(=O)c1cc(S(N)(=O)=O)ccc1F. The molecule has 1 aromatic carbocycles. The third-order valence-corrected chi connectivity index (χ3v) is 6.08. The van der Waals surface area contributed by atoms with Gasteiger partial charge in [-0.3, -0.25) is 4.79 Å². The number of carbonyl (C=O) groups is 2. The molecule has 1 aromatic rings. The molecule has 3 N–H and O–H groups in total.